The number of pyridine rings is 1. The molecule has 3 rings (SSSR count). The predicted molar refractivity (Wildman–Crippen MR) is 121 cm³/mol. The molecular weight excluding hydrogens is 464 g/mol. The third kappa shape index (κ3) is 5.56. The number of hydrogen-bond donors (Lipinski definition) is 3. The van der Waals surface area contributed by atoms with E-state index in [2.05, 4.69) is 15.0 Å². The number of likely N-dealkylation sites (tertiary alicyclic amines) is 1. The number of carboxylic acid groups (broad SMARTS) is 1. The number of carboxylic acids is 1. The van der Waals surface area contributed by atoms with E-state index in [-0.39, 0.29) is 24.7 Å². The number of aliphatic hydroxyl groups is 1. The van der Waals surface area contributed by atoms with Gasteiger partial charge in [0.05, 0.1) is 6.42 Å². The molecule has 3 N–H and O–H groups in total. The molecule has 9 nitrogen and oxygen atoms in total. The van der Waals surface area contributed by atoms with Crippen molar-refractivity contribution in [2.24, 2.45) is 0 Å². The molecule has 11 heteroatoms. The van der Waals surface area contributed by atoms with Crippen LogP contribution in [0, 0.1) is 6.92 Å². The van der Waals surface area contributed by atoms with Gasteiger partial charge in [-0.2, -0.15) is 8.78 Å². The van der Waals surface area contributed by atoms with Gasteiger partial charge in [-0.15, -0.1) is 0 Å². The van der Waals surface area contributed by atoms with Crippen LogP contribution >= 0.6 is 0 Å². The Labute approximate surface area is 200 Å². The van der Waals surface area contributed by atoms with E-state index in [0.29, 0.717) is 11.3 Å². The zero-order chi connectivity index (χ0) is 25.9. The minimum atomic E-state index is -3.15. The second kappa shape index (κ2) is 10.3. The minimum absolute atomic E-state index is 0.0354. The van der Waals surface area contributed by atoms with Crippen molar-refractivity contribution in [2.45, 2.75) is 51.2 Å². The third-order valence-corrected chi connectivity index (χ3v) is 5.91. The maximum absolute atomic E-state index is 13.7. The topological polar surface area (TPSA) is 129 Å². The number of aliphatic hydroxyl groups excluding tert-OH is 1. The standard InChI is InChI=1S/C24H27F2N3O6/c1-13(2)15-6-4-5-7-16(15)24(11-29(12-24)19(31)10-18(30)21(32)33)22(34)28-17-9-8-14(3)27-20(17)35-23(25)26/h4-9,13,18,23,30H,10-12H2,1-3H3,(H,28,34)(H,32,33)/t18-/m1/s1. The molecule has 0 spiro atoms. The number of hydrogen-bond acceptors (Lipinski definition) is 6. The predicted octanol–water partition coefficient (Wildman–Crippen LogP) is 2.67. The first-order valence-electron chi connectivity index (χ1n) is 11.0. The van der Waals surface area contributed by atoms with Crippen molar-refractivity contribution < 1.29 is 38.1 Å². The number of aliphatic carboxylic acids is 1. The van der Waals surface area contributed by atoms with E-state index in [4.69, 9.17) is 5.11 Å². The smallest absolute Gasteiger partial charge is 0.388 e. The van der Waals surface area contributed by atoms with Crippen molar-refractivity contribution in [3.05, 3.63) is 53.2 Å². The molecule has 1 fully saturated rings. The number of rotatable bonds is 9. The average molecular weight is 491 g/mol. The monoisotopic (exact) mass is 491 g/mol. The zero-order valence-corrected chi connectivity index (χ0v) is 19.5. The number of nitrogens with one attached hydrogen (secondary N) is 1. The van der Waals surface area contributed by atoms with Gasteiger partial charge in [0, 0.05) is 18.8 Å². The van der Waals surface area contributed by atoms with Crippen LogP contribution in [0.4, 0.5) is 14.5 Å². The van der Waals surface area contributed by atoms with E-state index < -0.39 is 48.2 Å². The Morgan fingerprint density at radius 1 is 1.17 bits per heavy atom. The van der Waals surface area contributed by atoms with Gasteiger partial charge in [-0.3, -0.25) is 9.59 Å². The number of carbonyl (C=O) groups excluding carboxylic acids is 2. The molecule has 1 aliphatic rings. The van der Waals surface area contributed by atoms with E-state index in [0.717, 1.165) is 5.56 Å². The molecule has 0 bridgehead atoms. The highest BCUT2D eigenvalue weighted by Gasteiger charge is 2.53. The summed E-state index contributed by atoms with van der Waals surface area (Å²) in [6, 6.07) is 10.2. The van der Waals surface area contributed by atoms with Crippen molar-refractivity contribution in [1.82, 2.24) is 9.88 Å². The number of amides is 2. The number of ether oxygens (including phenoxy) is 1. The van der Waals surface area contributed by atoms with Crippen LogP contribution in [0.15, 0.2) is 36.4 Å². The van der Waals surface area contributed by atoms with Gasteiger partial charge in [-0.05, 0) is 36.1 Å². The maximum Gasteiger partial charge on any atom is 0.388 e. The molecule has 2 aromatic rings. The van der Waals surface area contributed by atoms with E-state index >= 15 is 0 Å². The van der Waals surface area contributed by atoms with Crippen LogP contribution < -0.4 is 10.1 Å². The number of halogens is 2. The lowest BCUT2D eigenvalue weighted by atomic mass is 9.69. The Morgan fingerprint density at radius 2 is 1.83 bits per heavy atom. The highest BCUT2D eigenvalue weighted by molar-refractivity contribution is 6.02. The zero-order valence-electron chi connectivity index (χ0n) is 19.5. The Balaban J connectivity index is 1.95. The van der Waals surface area contributed by atoms with Crippen molar-refractivity contribution in [3.8, 4) is 5.88 Å². The summed E-state index contributed by atoms with van der Waals surface area (Å²) in [5, 5.41) is 21.1. The average Bonchev–Trinajstić information content (AvgIpc) is 2.74. The summed E-state index contributed by atoms with van der Waals surface area (Å²) in [6.07, 6.45) is -2.49. The van der Waals surface area contributed by atoms with Crippen LogP contribution in [0.2, 0.25) is 0 Å². The molecule has 0 radical (unpaired) electrons. The second-order valence-electron chi connectivity index (χ2n) is 8.77. The Bertz CT molecular complexity index is 1120. The third-order valence-electron chi connectivity index (χ3n) is 5.91. The second-order valence-corrected chi connectivity index (χ2v) is 8.77. The summed E-state index contributed by atoms with van der Waals surface area (Å²) in [6.45, 7) is 2.18. The van der Waals surface area contributed by atoms with Crippen molar-refractivity contribution in [1.29, 1.82) is 0 Å². The van der Waals surface area contributed by atoms with E-state index in [1.165, 1.54) is 17.0 Å². The molecule has 1 aromatic carbocycles. The van der Waals surface area contributed by atoms with Gasteiger partial charge in [0.2, 0.25) is 17.7 Å². The number of aryl methyl sites for hydroxylation is 1. The Kier molecular flexibility index (Phi) is 7.69. The van der Waals surface area contributed by atoms with Crippen LogP contribution in [0.3, 0.4) is 0 Å². The number of carbonyl (C=O) groups is 3. The number of anilines is 1. The van der Waals surface area contributed by atoms with Crippen LogP contribution in [-0.4, -0.2) is 63.7 Å². The first-order valence-corrected chi connectivity index (χ1v) is 11.0. The Hall–Kier alpha value is -3.60. The highest BCUT2D eigenvalue weighted by Crippen LogP contribution is 2.41. The molecule has 0 saturated carbocycles. The summed E-state index contributed by atoms with van der Waals surface area (Å²) in [4.78, 5) is 42.3. The van der Waals surface area contributed by atoms with E-state index in [1.54, 1.807) is 19.1 Å². The lowest BCUT2D eigenvalue weighted by Crippen LogP contribution is -2.67. The van der Waals surface area contributed by atoms with E-state index in [9.17, 15) is 28.3 Å². The van der Waals surface area contributed by atoms with Gasteiger partial charge in [0.25, 0.3) is 0 Å². The summed E-state index contributed by atoms with van der Waals surface area (Å²) in [7, 11) is 0. The maximum atomic E-state index is 13.7. The molecule has 1 aromatic heterocycles. The molecule has 0 unspecified atom stereocenters. The largest absolute Gasteiger partial charge is 0.479 e. The van der Waals surface area contributed by atoms with Gasteiger partial charge in [-0.25, -0.2) is 9.78 Å². The number of aromatic nitrogens is 1. The fraction of sp³-hybridized carbons (Fsp3) is 0.417. The summed E-state index contributed by atoms with van der Waals surface area (Å²) < 4.78 is 30.3. The summed E-state index contributed by atoms with van der Waals surface area (Å²) in [5.41, 5.74) is 0.653. The lowest BCUT2D eigenvalue weighted by molar-refractivity contribution is -0.154. The van der Waals surface area contributed by atoms with Crippen molar-refractivity contribution in [3.63, 3.8) is 0 Å². The molecule has 35 heavy (non-hydrogen) atoms. The van der Waals surface area contributed by atoms with Gasteiger partial charge in [0.15, 0.2) is 6.10 Å². The van der Waals surface area contributed by atoms with Gasteiger partial charge in [-0.1, -0.05) is 38.1 Å². The minimum Gasteiger partial charge on any atom is -0.479 e. The lowest BCUT2D eigenvalue weighted by Gasteiger charge is -2.50. The summed E-state index contributed by atoms with van der Waals surface area (Å²) >= 11 is 0. The quantitative estimate of drug-likeness (QED) is 0.492. The molecule has 0 aliphatic carbocycles. The molecule has 188 valence electrons. The van der Waals surface area contributed by atoms with Gasteiger partial charge < -0.3 is 25.2 Å². The SMILES string of the molecule is Cc1ccc(NC(=O)C2(c3ccccc3C(C)C)CN(C(=O)C[C@@H](O)C(=O)O)C2)c(OC(F)F)n1. The molecule has 1 aliphatic heterocycles. The van der Waals surface area contributed by atoms with Crippen LogP contribution in [0.25, 0.3) is 0 Å². The van der Waals surface area contributed by atoms with Crippen LogP contribution in [0.1, 0.15) is 43.0 Å². The molecule has 2 heterocycles. The summed E-state index contributed by atoms with van der Waals surface area (Å²) in [5.74, 6) is -3.10. The van der Waals surface area contributed by atoms with Crippen LogP contribution in [0.5, 0.6) is 5.88 Å². The van der Waals surface area contributed by atoms with Gasteiger partial charge >= 0.3 is 12.6 Å². The van der Waals surface area contributed by atoms with E-state index in [1.807, 2.05) is 26.0 Å². The molecule has 1 saturated heterocycles. The fourth-order valence-electron chi connectivity index (χ4n) is 4.08. The normalized spacial score (nSPS) is 15.5. The molecule has 2 amide bonds. The number of nitrogens with zero attached hydrogens (tertiary/aromatic N) is 2. The first-order chi connectivity index (χ1) is 16.4. The van der Waals surface area contributed by atoms with Crippen molar-refractivity contribution in [2.75, 3.05) is 18.4 Å². The highest BCUT2D eigenvalue weighted by atomic mass is 19.3. The molecular formula is C24H27F2N3O6. The number of alkyl halides is 2. The van der Waals surface area contributed by atoms with Crippen LogP contribution in [-0.2, 0) is 19.8 Å². The van der Waals surface area contributed by atoms with Gasteiger partial charge in [0.1, 0.15) is 11.1 Å². The van der Waals surface area contributed by atoms with Crippen molar-refractivity contribution >= 4 is 23.5 Å². The fourth-order valence-corrected chi connectivity index (χ4v) is 4.08. The molecule has 1 atom stereocenters. The number of benzene rings is 1. The first kappa shape index (κ1) is 26.0. The Morgan fingerprint density at radius 3 is 2.43 bits per heavy atom.